The van der Waals surface area contributed by atoms with Crippen molar-refractivity contribution < 1.29 is 9.59 Å². The highest BCUT2D eigenvalue weighted by atomic mass is 16.2. The largest absolute Gasteiger partial charge is 0.355 e. The maximum atomic E-state index is 11.9. The second kappa shape index (κ2) is 6.10. The standard InChI is InChI=1S/C19H32N2O2/c1-18(2,3)17(23)21-12-16(22)20-5-4-19-9-13-6-14(10-19)8-15(7-13)11-19/h13-15H,4-12H2,1-3H3,(H,20,22)(H,21,23). The summed E-state index contributed by atoms with van der Waals surface area (Å²) >= 11 is 0. The molecule has 0 saturated heterocycles. The quantitative estimate of drug-likeness (QED) is 0.818. The molecule has 2 amide bonds. The van der Waals surface area contributed by atoms with Crippen LogP contribution in [0.1, 0.15) is 65.7 Å². The molecule has 0 aliphatic heterocycles. The fraction of sp³-hybridized carbons (Fsp3) is 0.895. The maximum absolute atomic E-state index is 11.9. The predicted molar refractivity (Wildman–Crippen MR) is 90.7 cm³/mol. The van der Waals surface area contributed by atoms with E-state index in [0.29, 0.717) is 5.41 Å². The van der Waals surface area contributed by atoms with Crippen LogP contribution in [-0.2, 0) is 9.59 Å². The van der Waals surface area contributed by atoms with Gasteiger partial charge in [-0.2, -0.15) is 0 Å². The lowest BCUT2D eigenvalue weighted by molar-refractivity contribution is -0.131. The Kier molecular flexibility index (Phi) is 4.45. The first-order chi connectivity index (χ1) is 10.8. The molecule has 4 nitrogen and oxygen atoms in total. The minimum atomic E-state index is -0.445. The van der Waals surface area contributed by atoms with Crippen molar-refractivity contribution in [3.8, 4) is 0 Å². The third kappa shape index (κ3) is 3.89. The van der Waals surface area contributed by atoms with E-state index in [4.69, 9.17) is 0 Å². The number of nitrogens with one attached hydrogen (secondary N) is 2. The molecule has 0 radical (unpaired) electrons. The number of rotatable bonds is 5. The molecule has 0 aromatic rings. The summed E-state index contributed by atoms with van der Waals surface area (Å²) in [4.78, 5) is 23.7. The van der Waals surface area contributed by atoms with Gasteiger partial charge >= 0.3 is 0 Å². The predicted octanol–water partition coefficient (Wildman–Crippen LogP) is 2.87. The normalized spacial score (nSPS) is 35.2. The Morgan fingerprint density at radius 1 is 0.957 bits per heavy atom. The monoisotopic (exact) mass is 320 g/mol. The second-order valence-electron chi connectivity index (χ2n) is 9.45. The van der Waals surface area contributed by atoms with E-state index in [1.807, 2.05) is 20.8 Å². The van der Waals surface area contributed by atoms with Gasteiger partial charge in [0.1, 0.15) is 0 Å². The number of hydrogen-bond acceptors (Lipinski definition) is 2. The van der Waals surface area contributed by atoms with Gasteiger partial charge in [-0.3, -0.25) is 9.59 Å². The van der Waals surface area contributed by atoms with Crippen LogP contribution >= 0.6 is 0 Å². The van der Waals surface area contributed by atoms with Gasteiger partial charge in [0, 0.05) is 12.0 Å². The SMILES string of the molecule is CC(C)(C)C(=O)NCC(=O)NCCC12CC3CC(CC(C3)C1)C2. The number of carbonyl (C=O) groups excluding carboxylic acids is 2. The van der Waals surface area contributed by atoms with Crippen molar-refractivity contribution in [2.45, 2.75) is 65.7 Å². The average Bonchev–Trinajstić information content (AvgIpc) is 2.42. The van der Waals surface area contributed by atoms with Crippen molar-refractivity contribution in [3.05, 3.63) is 0 Å². The van der Waals surface area contributed by atoms with Gasteiger partial charge in [-0.15, -0.1) is 0 Å². The molecule has 0 unspecified atom stereocenters. The molecule has 0 spiro atoms. The lowest BCUT2D eigenvalue weighted by Gasteiger charge is -2.57. The van der Waals surface area contributed by atoms with Crippen LogP contribution in [0.3, 0.4) is 0 Å². The molecular formula is C19H32N2O2. The summed E-state index contributed by atoms with van der Waals surface area (Å²) in [6.07, 6.45) is 9.66. The van der Waals surface area contributed by atoms with E-state index >= 15 is 0 Å². The number of carbonyl (C=O) groups is 2. The number of hydrogen-bond donors (Lipinski definition) is 2. The van der Waals surface area contributed by atoms with E-state index in [1.54, 1.807) is 0 Å². The van der Waals surface area contributed by atoms with Crippen LogP contribution in [0.15, 0.2) is 0 Å². The first kappa shape index (κ1) is 16.8. The maximum Gasteiger partial charge on any atom is 0.239 e. The molecule has 0 aromatic carbocycles. The van der Waals surface area contributed by atoms with E-state index in [-0.39, 0.29) is 18.4 Å². The molecule has 4 aliphatic rings. The topological polar surface area (TPSA) is 58.2 Å². The van der Waals surface area contributed by atoms with Gasteiger partial charge in [-0.25, -0.2) is 0 Å². The molecule has 4 saturated carbocycles. The third-order valence-electron chi connectivity index (χ3n) is 6.23. The minimum Gasteiger partial charge on any atom is -0.355 e. The van der Waals surface area contributed by atoms with Crippen molar-refractivity contribution in [3.63, 3.8) is 0 Å². The van der Waals surface area contributed by atoms with Crippen molar-refractivity contribution in [2.24, 2.45) is 28.6 Å². The van der Waals surface area contributed by atoms with Crippen molar-refractivity contribution in [1.82, 2.24) is 10.6 Å². The van der Waals surface area contributed by atoms with Crippen LogP contribution in [0.5, 0.6) is 0 Å². The van der Waals surface area contributed by atoms with E-state index < -0.39 is 5.41 Å². The summed E-state index contributed by atoms with van der Waals surface area (Å²) in [6.45, 7) is 6.42. The molecule has 4 heteroatoms. The van der Waals surface area contributed by atoms with Crippen LogP contribution in [0.2, 0.25) is 0 Å². The van der Waals surface area contributed by atoms with Crippen LogP contribution in [0.4, 0.5) is 0 Å². The summed E-state index contributed by atoms with van der Waals surface area (Å²) in [7, 11) is 0. The van der Waals surface area contributed by atoms with Gasteiger partial charge in [0.25, 0.3) is 0 Å². The van der Waals surface area contributed by atoms with E-state index in [2.05, 4.69) is 10.6 Å². The molecule has 4 fully saturated rings. The van der Waals surface area contributed by atoms with E-state index in [1.165, 1.54) is 38.5 Å². The Labute approximate surface area is 140 Å². The van der Waals surface area contributed by atoms with Gasteiger partial charge in [0.2, 0.25) is 11.8 Å². The zero-order chi connectivity index (χ0) is 16.7. The molecule has 0 atom stereocenters. The second-order valence-corrected chi connectivity index (χ2v) is 9.45. The highest BCUT2D eigenvalue weighted by Gasteiger charge is 2.50. The fourth-order valence-corrected chi connectivity index (χ4v) is 5.55. The van der Waals surface area contributed by atoms with Crippen molar-refractivity contribution >= 4 is 11.8 Å². The lowest BCUT2D eigenvalue weighted by Crippen LogP contribution is -2.48. The Morgan fingerprint density at radius 2 is 1.48 bits per heavy atom. The van der Waals surface area contributed by atoms with Crippen LogP contribution in [0.25, 0.3) is 0 Å². The molecule has 4 bridgehead atoms. The Morgan fingerprint density at radius 3 is 1.96 bits per heavy atom. The molecule has 0 heterocycles. The summed E-state index contributed by atoms with van der Waals surface area (Å²) in [5, 5.41) is 5.73. The lowest BCUT2D eigenvalue weighted by atomic mass is 9.49. The molecule has 130 valence electrons. The summed E-state index contributed by atoms with van der Waals surface area (Å²) in [5.74, 6) is 2.75. The van der Waals surface area contributed by atoms with Crippen LogP contribution in [0, 0.1) is 28.6 Å². The fourth-order valence-electron chi connectivity index (χ4n) is 5.55. The zero-order valence-electron chi connectivity index (χ0n) is 14.9. The average molecular weight is 320 g/mol. The molecular weight excluding hydrogens is 288 g/mol. The summed E-state index contributed by atoms with van der Waals surface area (Å²) in [5.41, 5.74) is 0.0656. The highest BCUT2D eigenvalue weighted by molar-refractivity contribution is 5.87. The van der Waals surface area contributed by atoms with E-state index in [9.17, 15) is 9.59 Å². The Balaban J connectivity index is 1.40. The molecule has 2 N–H and O–H groups in total. The van der Waals surface area contributed by atoms with Crippen LogP contribution < -0.4 is 10.6 Å². The van der Waals surface area contributed by atoms with Gasteiger partial charge < -0.3 is 10.6 Å². The van der Waals surface area contributed by atoms with Gasteiger partial charge in [0.05, 0.1) is 6.54 Å². The first-order valence-corrected chi connectivity index (χ1v) is 9.31. The zero-order valence-corrected chi connectivity index (χ0v) is 14.9. The van der Waals surface area contributed by atoms with E-state index in [0.717, 1.165) is 30.7 Å². The summed E-state index contributed by atoms with van der Waals surface area (Å²) in [6, 6.07) is 0. The molecule has 4 rings (SSSR count). The Hall–Kier alpha value is -1.06. The smallest absolute Gasteiger partial charge is 0.239 e. The van der Waals surface area contributed by atoms with Crippen molar-refractivity contribution in [2.75, 3.05) is 13.1 Å². The Bertz CT molecular complexity index is 443. The first-order valence-electron chi connectivity index (χ1n) is 9.31. The molecule has 0 aromatic heterocycles. The van der Waals surface area contributed by atoms with Crippen LogP contribution in [-0.4, -0.2) is 24.9 Å². The highest BCUT2D eigenvalue weighted by Crippen LogP contribution is 2.61. The van der Waals surface area contributed by atoms with Gasteiger partial charge in [-0.1, -0.05) is 20.8 Å². The molecule has 23 heavy (non-hydrogen) atoms. The molecule has 4 aliphatic carbocycles. The summed E-state index contributed by atoms with van der Waals surface area (Å²) < 4.78 is 0. The van der Waals surface area contributed by atoms with Gasteiger partial charge in [0.15, 0.2) is 0 Å². The van der Waals surface area contributed by atoms with Crippen molar-refractivity contribution in [1.29, 1.82) is 0 Å². The third-order valence-corrected chi connectivity index (χ3v) is 6.23. The minimum absolute atomic E-state index is 0.0627. The van der Waals surface area contributed by atoms with Gasteiger partial charge in [-0.05, 0) is 68.1 Å². The number of amides is 2.